The molecule has 0 heterocycles. The van der Waals surface area contributed by atoms with Gasteiger partial charge in [0.25, 0.3) is 5.91 Å². The molecule has 2 aromatic rings. The second-order valence-electron chi connectivity index (χ2n) is 5.47. The lowest BCUT2D eigenvalue weighted by Crippen LogP contribution is -2.38. The second-order valence-corrected chi connectivity index (χ2v) is 5.47. The highest BCUT2D eigenvalue weighted by Crippen LogP contribution is 2.18. The van der Waals surface area contributed by atoms with Gasteiger partial charge in [-0.05, 0) is 43.2 Å². The van der Waals surface area contributed by atoms with Crippen LogP contribution in [0.1, 0.15) is 35.4 Å². The smallest absolute Gasteiger partial charge is 0.251 e. The van der Waals surface area contributed by atoms with Gasteiger partial charge in [-0.2, -0.15) is 0 Å². The average molecular weight is 329 g/mol. The third-order valence-corrected chi connectivity index (χ3v) is 3.68. The lowest BCUT2D eigenvalue weighted by molar-refractivity contribution is 0.0865. The Morgan fingerprint density at radius 1 is 1.12 bits per heavy atom. The van der Waals surface area contributed by atoms with E-state index in [1.807, 2.05) is 37.3 Å². The van der Waals surface area contributed by atoms with E-state index >= 15 is 0 Å². The van der Waals surface area contributed by atoms with Crippen molar-refractivity contribution in [3.05, 3.63) is 65.7 Å². The summed E-state index contributed by atoms with van der Waals surface area (Å²) in [6, 6.07) is 15.4. The molecule has 128 valence electrons. The number of benzene rings is 2. The molecule has 1 amide bonds. The first-order valence-corrected chi connectivity index (χ1v) is 8.01. The van der Waals surface area contributed by atoms with Gasteiger partial charge in [0.1, 0.15) is 5.75 Å². The van der Waals surface area contributed by atoms with E-state index in [0.717, 1.165) is 5.56 Å². The first-order valence-electron chi connectivity index (χ1n) is 8.01. The Kier molecular flexibility index (Phi) is 6.78. The van der Waals surface area contributed by atoms with Gasteiger partial charge in [0.15, 0.2) is 0 Å². The molecule has 0 bridgehead atoms. The van der Waals surface area contributed by atoms with Gasteiger partial charge in [-0.25, -0.2) is 0 Å². The van der Waals surface area contributed by atoms with Crippen LogP contribution in [-0.2, 0) is 0 Å². The summed E-state index contributed by atoms with van der Waals surface area (Å²) in [5.41, 5.74) is 1.23. The highest BCUT2D eigenvalue weighted by Gasteiger charge is 2.18. The van der Waals surface area contributed by atoms with Crippen molar-refractivity contribution in [1.29, 1.82) is 0 Å². The highest BCUT2D eigenvalue weighted by atomic mass is 16.5. The Morgan fingerprint density at radius 2 is 1.79 bits per heavy atom. The van der Waals surface area contributed by atoms with Crippen molar-refractivity contribution >= 4 is 5.91 Å². The maximum absolute atomic E-state index is 12.3. The van der Waals surface area contributed by atoms with Gasteiger partial charge in [-0.1, -0.05) is 30.3 Å². The Bertz CT molecular complexity index is 628. The minimum Gasteiger partial charge on any atom is -0.494 e. The molecular formula is C19H23NO4. The minimum atomic E-state index is -0.746. The summed E-state index contributed by atoms with van der Waals surface area (Å²) < 4.78 is 5.34. The van der Waals surface area contributed by atoms with Crippen molar-refractivity contribution in [3.8, 4) is 5.75 Å². The predicted molar refractivity (Wildman–Crippen MR) is 92.0 cm³/mol. The van der Waals surface area contributed by atoms with Gasteiger partial charge in [0, 0.05) is 5.56 Å². The number of aliphatic hydroxyl groups excluding tert-OH is 2. The molecule has 0 aliphatic carbocycles. The van der Waals surface area contributed by atoms with Crippen LogP contribution in [0.2, 0.25) is 0 Å². The molecule has 0 radical (unpaired) electrons. The monoisotopic (exact) mass is 329 g/mol. The molecule has 0 unspecified atom stereocenters. The maximum Gasteiger partial charge on any atom is 0.251 e. The molecule has 2 rings (SSSR count). The molecule has 5 heteroatoms. The van der Waals surface area contributed by atoms with Crippen LogP contribution in [0.15, 0.2) is 54.6 Å². The Labute approximate surface area is 141 Å². The molecule has 0 spiro atoms. The summed E-state index contributed by atoms with van der Waals surface area (Å²) >= 11 is 0. The fourth-order valence-corrected chi connectivity index (χ4v) is 2.40. The minimum absolute atomic E-state index is 0.239. The van der Waals surface area contributed by atoms with Gasteiger partial charge in [0.2, 0.25) is 0 Å². The largest absolute Gasteiger partial charge is 0.494 e. The summed E-state index contributed by atoms with van der Waals surface area (Å²) in [6.07, 6.45) is -0.507. The van der Waals surface area contributed by atoms with E-state index in [9.17, 15) is 15.0 Å². The predicted octanol–water partition coefficient (Wildman–Crippen LogP) is 2.30. The number of amides is 1. The Morgan fingerprint density at radius 3 is 2.38 bits per heavy atom. The molecule has 5 nitrogen and oxygen atoms in total. The first-order chi connectivity index (χ1) is 11.6. The number of nitrogens with one attached hydrogen (secondary N) is 1. The number of ether oxygens (including phenoxy) is 1. The third kappa shape index (κ3) is 5.08. The van der Waals surface area contributed by atoms with Crippen molar-refractivity contribution in [3.63, 3.8) is 0 Å². The van der Waals surface area contributed by atoms with E-state index < -0.39 is 12.1 Å². The molecule has 0 aliphatic heterocycles. The van der Waals surface area contributed by atoms with Gasteiger partial charge in [-0.3, -0.25) is 4.79 Å². The molecule has 0 fully saturated rings. The van der Waals surface area contributed by atoms with Gasteiger partial charge in [0.05, 0.1) is 25.4 Å². The topological polar surface area (TPSA) is 78.8 Å². The fraction of sp³-hybridized carbons (Fsp3) is 0.316. The van der Waals surface area contributed by atoms with Gasteiger partial charge in [-0.15, -0.1) is 0 Å². The number of hydrogen-bond donors (Lipinski definition) is 3. The second kappa shape index (κ2) is 9.05. The summed E-state index contributed by atoms with van der Waals surface area (Å²) in [5.74, 6) is 0.407. The van der Waals surface area contributed by atoms with Crippen molar-refractivity contribution in [2.45, 2.75) is 25.5 Å². The number of hydrogen-bond acceptors (Lipinski definition) is 4. The third-order valence-electron chi connectivity index (χ3n) is 3.68. The molecule has 0 aromatic heterocycles. The summed E-state index contributed by atoms with van der Waals surface area (Å²) in [5, 5.41) is 22.5. The van der Waals surface area contributed by atoms with E-state index in [4.69, 9.17) is 4.74 Å². The van der Waals surface area contributed by atoms with E-state index in [2.05, 4.69) is 5.32 Å². The van der Waals surface area contributed by atoms with Crippen molar-refractivity contribution in [2.24, 2.45) is 0 Å². The molecule has 24 heavy (non-hydrogen) atoms. The molecular weight excluding hydrogens is 306 g/mol. The van der Waals surface area contributed by atoms with E-state index in [-0.39, 0.29) is 18.9 Å². The summed E-state index contributed by atoms with van der Waals surface area (Å²) in [7, 11) is 0. The van der Waals surface area contributed by atoms with E-state index in [1.54, 1.807) is 24.3 Å². The van der Waals surface area contributed by atoms with Crippen LogP contribution in [0.5, 0.6) is 5.75 Å². The molecule has 0 saturated heterocycles. The van der Waals surface area contributed by atoms with Crippen LogP contribution >= 0.6 is 0 Å². The zero-order valence-corrected chi connectivity index (χ0v) is 13.7. The van der Waals surface area contributed by atoms with Crippen LogP contribution in [0, 0.1) is 0 Å². The molecule has 0 saturated carbocycles. The molecule has 2 atom stereocenters. The quantitative estimate of drug-likeness (QED) is 0.694. The van der Waals surface area contributed by atoms with Crippen LogP contribution < -0.4 is 10.1 Å². The maximum atomic E-state index is 12.3. The van der Waals surface area contributed by atoms with Crippen molar-refractivity contribution < 1.29 is 19.7 Å². The van der Waals surface area contributed by atoms with Crippen LogP contribution in [0.4, 0.5) is 0 Å². The van der Waals surface area contributed by atoms with E-state index in [0.29, 0.717) is 17.9 Å². The number of rotatable bonds is 8. The van der Waals surface area contributed by atoms with Crippen molar-refractivity contribution in [2.75, 3.05) is 13.2 Å². The van der Waals surface area contributed by atoms with Crippen LogP contribution in [-0.4, -0.2) is 35.4 Å². The first kappa shape index (κ1) is 18.0. The number of carbonyl (C=O) groups is 1. The summed E-state index contributed by atoms with van der Waals surface area (Å²) in [6.45, 7) is 2.21. The van der Waals surface area contributed by atoms with Crippen LogP contribution in [0.3, 0.4) is 0 Å². The SMILES string of the molecule is CCOc1ccc(C(=O)N[C@H](CO)C[C@@H](O)c2ccccc2)cc1. The van der Waals surface area contributed by atoms with Gasteiger partial charge >= 0.3 is 0 Å². The van der Waals surface area contributed by atoms with Gasteiger partial charge < -0.3 is 20.3 Å². The fourth-order valence-electron chi connectivity index (χ4n) is 2.40. The average Bonchev–Trinajstić information content (AvgIpc) is 2.62. The molecule has 3 N–H and O–H groups in total. The zero-order chi connectivity index (χ0) is 17.4. The molecule has 2 aromatic carbocycles. The normalized spacial score (nSPS) is 13.1. The number of aliphatic hydroxyl groups is 2. The highest BCUT2D eigenvalue weighted by molar-refractivity contribution is 5.94. The lowest BCUT2D eigenvalue weighted by atomic mass is 10.0. The Hall–Kier alpha value is -2.37. The zero-order valence-electron chi connectivity index (χ0n) is 13.7. The summed E-state index contributed by atoms with van der Waals surface area (Å²) in [4.78, 5) is 12.3. The van der Waals surface area contributed by atoms with Crippen molar-refractivity contribution in [1.82, 2.24) is 5.32 Å². The Balaban J connectivity index is 1.95. The van der Waals surface area contributed by atoms with E-state index in [1.165, 1.54) is 0 Å². The standard InChI is InChI=1S/C19H23NO4/c1-2-24-17-10-8-15(9-11-17)19(23)20-16(13-21)12-18(22)14-6-4-3-5-7-14/h3-11,16,18,21-22H,2,12-13H2,1H3,(H,20,23)/t16-,18+/m0/s1. The lowest BCUT2D eigenvalue weighted by Gasteiger charge is -2.20. The van der Waals surface area contributed by atoms with Crippen LogP contribution in [0.25, 0.3) is 0 Å². The molecule has 0 aliphatic rings. The number of carbonyl (C=O) groups excluding carboxylic acids is 1.